The van der Waals surface area contributed by atoms with Crippen molar-refractivity contribution in [3.63, 3.8) is 0 Å². The average Bonchev–Trinajstić information content (AvgIpc) is 2.31. The Bertz CT molecular complexity index is 318. The predicted octanol–water partition coefficient (Wildman–Crippen LogP) is 2.29. The van der Waals surface area contributed by atoms with E-state index in [1.54, 1.807) is 11.8 Å². The molecule has 0 radical (unpaired) electrons. The first-order chi connectivity index (χ1) is 7.81. The van der Waals surface area contributed by atoms with Crippen LogP contribution in [0.2, 0.25) is 0 Å². The van der Waals surface area contributed by atoms with Gasteiger partial charge >= 0.3 is 0 Å². The minimum absolute atomic E-state index is 0.519. The lowest BCUT2D eigenvalue weighted by molar-refractivity contribution is 0.289. The number of hydrogen-bond donors (Lipinski definition) is 1. The van der Waals surface area contributed by atoms with E-state index in [1.807, 2.05) is 25.1 Å². The minimum atomic E-state index is 0.519. The molecular formula is C12H19NO2S. The summed E-state index contributed by atoms with van der Waals surface area (Å²) in [6, 6.07) is 5.84. The van der Waals surface area contributed by atoms with Crippen LogP contribution in [-0.2, 0) is 6.54 Å². The Labute approximate surface area is 101 Å². The van der Waals surface area contributed by atoms with Crippen molar-refractivity contribution >= 4 is 11.8 Å². The molecule has 4 heteroatoms. The summed E-state index contributed by atoms with van der Waals surface area (Å²) < 4.78 is 11.2. The lowest BCUT2D eigenvalue weighted by Crippen LogP contribution is -2.04. The summed E-state index contributed by atoms with van der Waals surface area (Å²) in [7, 11) is 0. The third-order valence-corrected chi connectivity index (χ3v) is 2.66. The van der Waals surface area contributed by atoms with Crippen LogP contribution in [0.15, 0.2) is 18.2 Å². The molecule has 0 bridgehead atoms. The second kappa shape index (κ2) is 7.41. The van der Waals surface area contributed by atoms with Gasteiger partial charge in [0.05, 0.1) is 13.2 Å². The summed E-state index contributed by atoms with van der Waals surface area (Å²) in [5, 5.41) is 0. The molecule has 1 aromatic carbocycles. The quantitative estimate of drug-likeness (QED) is 0.744. The van der Waals surface area contributed by atoms with Crippen LogP contribution in [0.5, 0.6) is 11.5 Å². The molecular weight excluding hydrogens is 222 g/mol. The molecule has 0 aromatic heterocycles. The molecule has 0 saturated carbocycles. The second-order valence-corrected chi connectivity index (χ2v) is 4.25. The number of ether oxygens (including phenoxy) is 2. The molecule has 0 aliphatic rings. The van der Waals surface area contributed by atoms with Gasteiger partial charge in [-0.15, -0.1) is 0 Å². The monoisotopic (exact) mass is 241 g/mol. The van der Waals surface area contributed by atoms with Gasteiger partial charge in [0.2, 0.25) is 0 Å². The summed E-state index contributed by atoms with van der Waals surface area (Å²) in [4.78, 5) is 0. The Kier molecular flexibility index (Phi) is 6.11. The van der Waals surface area contributed by atoms with Crippen LogP contribution in [0, 0.1) is 0 Å². The van der Waals surface area contributed by atoms with Crippen molar-refractivity contribution in [3.05, 3.63) is 23.8 Å². The largest absolute Gasteiger partial charge is 0.490 e. The van der Waals surface area contributed by atoms with Crippen LogP contribution < -0.4 is 15.2 Å². The number of thioether (sulfide) groups is 1. The zero-order valence-electron chi connectivity index (χ0n) is 9.86. The highest BCUT2D eigenvalue weighted by Crippen LogP contribution is 2.28. The number of nitrogens with two attached hydrogens (primary N) is 1. The highest BCUT2D eigenvalue weighted by Gasteiger charge is 2.05. The topological polar surface area (TPSA) is 44.5 Å². The molecule has 90 valence electrons. The normalized spacial score (nSPS) is 10.2. The molecule has 16 heavy (non-hydrogen) atoms. The van der Waals surface area contributed by atoms with E-state index in [0.717, 1.165) is 22.8 Å². The third kappa shape index (κ3) is 3.94. The first-order valence-electron chi connectivity index (χ1n) is 5.39. The number of hydrogen-bond acceptors (Lipinski definition) is 4. The van der Waals surface area contributed by atoms with Gasteiger partial charge in [0.1, 0.15) is 0 Å². The fourth-order valence-electron chi connectivity index (χ4n) is 1.30. The van der Waals surface area contributed by atoms with Gasteiger partial charge in [-0.05, 0) is 30.9 Å². The van der Waals surface area contributed by atoms with Crippen molar-refractivity contribution in [1.82, 2.24) is 0 Å². The Morgan fingerprint density at radius 2 is 2.06 bits per heavy atom. The van der Waals surface area contributed by atoms with Gasteiger partial charge < -0.3 is 15.2 Å². The van der Waals surface area contributed by atoms with E-state index in [9.17, 15) is 0 Å². The molecule has 3 nitrogen and oxygen atoms in total. The van der Waals surface area contributed by atoms with Crippen LogP contribution in [0.4, 0.5) is 0 Å². The highest BCUT2D eigenvalue weighted by atomic mass is 32.2. The molecule has 0 fully saturated rings. The third-order valence-electron chi connectivity index (χ3n) is 2.09. The van der Waals surface area contributed by atoms with E-state index in [4.69, 9.17) is 15.2 Å². The van der Waals surface area contributed by atoms with Crippen molar-refractivity contribution in [2.75, 3.05) is 25.2 Å². The first kappa shape index (κ1) is 13.2. The van der Waals surface area contributed by atoms with Crippen molar-refractivity contribution < 1.29 is 9.47 Å². The van der Waals surface area contributed by atoms with Gasteiger partial charge in [0, 0.05) is 12.3 Å². The molecule has 0 atom stereocenters. The fourth-order valence-corrected chi connectivity index (χ4v) is 1.55. The molecule has 0 spiro atoms. The van der Waals surface area contributed by atoms with E-state index < -0.39 is 0 Å². The van der Waals surface area contributed by atoms with Gasteiger partial charge in [0.15, 0.2) is 11.5 Å². The zero-order valence-corrected chi connectivity index (χ0v) is 10.7. The number of rotatable bonds is 7. The van der Waals surface area contributed by atoms with E-state index >= 15 is 0 Å². The molecule has 0 heterocycles. The van der Waals surface area contributed by atoms with Crippen molar-refractivity contribution in [2.45, 2.75) is 13.5 Å². The smallest absolute Gasteiger partial charge is 0.161 e. The summed E-state index contributed by atoms with van der Waals surface area (Å²) in [5.41, 5.74) is 6.64. The van der Waals surface area contributed by atoms with Gasteiger partial charge in [0.25, 0.3) is 0 Å². The maximum Gasteiger partial charge on any atom is 0.161 e. The zero-order chi connectivity index (χ0) is 11.8. The van der Waals surface area contributed by atoms with E-state index in [0.29, 0.717) is 19.8 Å². The lowest BCUT2D eigenvalue weighted by atomic mass is 10.2. The maximum absolute atomic E-state index is 5.64. The van der Waals surface area contributed by atoms with Gasteiger partial charge in [-0.25, -0.2) is 0 Å². The standard InChI is InChI=1S/C12H19NO2S/c1-3-14-12-8-10(9-13)4-5-11(12)15-6-7-16-2/h4-5,8H,3,6-7,9,13H2,1-2H3. The molecule has 1 aromatic rings. The van der Waals surface area contributed by atoms with Crippen LogP contribution in [0.3, 0.4) is 0 Å². The van der Waals surface area contributed by atoms with Crippen molar-refractivity contribution in [2.24, 2.45) is 5.73 Å². The van der Waals surface area contributed by atoms with E-state index in [1.165, 1.54) is 0 Å². The second-order valence-electron chi connectivity index (χ2n) is 3.26. The Morgan fingerprint density at radius 1 is 1.25 bits per heavy atom. The maximum atomic E-state index is 5.64. The van der Waals surface area contributed by atoms with E-state index in [2.05, 4.69) is 6.26 Å². The molecule has 0 amide bonds. The van der Waals surface area contributed by atoms with Crippen molar-refractivity contribution in [3.8, 4) is 11.5 Å². The molecule has 0 aliphatic heterocycles. The lowest BCUT2D eigenvalue weighted by Gasteiger charge is -2.12. The molecule has 0 unspecified atom stereocenters. The SMILES string of the molecule is CCOc1cc(CN)ccc1OCCSC. The number of benzene rings is 1. The van der Waals surface area contributed by atoms with Crippen LogP contribution in [0.25, 0.3) is 0 Å². The van der Waals surface area contributed by atoms with Crippen LogP contribution in [-0.4, -0.2) is 25.2 Å². The summed E-state index contributed by atoms with van der Waals surface area (Å²) in [6.07, 6.45) is 2.06. The van der Waals surface area contributed by atoms with Gasteiger partial charge in [-0.1, -0.05) is 6.07 Å². The average molecular weight is 241 g/mol. The highest BCUT2D eigenvalue weighted by molar-refractivity contribution is 7.98. The Balaban J connectivity index is 2.72. The fraction of sp³-hybridized carbons (Fsp3) is 0.500. The Hall–Kier alpha value is -0.870. The molecule has 1 rings (SSSR count). The Morgan fingerprint density at radius 3 is 2.69 bits per heavy atom. The summed E-state index contributed by atoms with van der Waals surface area (Å²) >= 11 is 1.76. The summed E-state index contributed by atoms with van der Waals surface area (Å²) in [5.74, 6) is 2.56. The minimum Gasteiger partial charge on any atom is -0.490 e. The van der Waals surface area contributed by atoms with E-state index in [-0.39, 0.29) is 0 Å². The van der Waals surface area contributed by atoms with Gasteiger partial charge in [-0.2, -0.15) is 11.8 Å². The van der Waals surface area contributed by atoms with Gasteiger partial charge in [-0.3, -0.25) is 0 Å². The first-order valence-corrected chi connectivity index (χ1v) is 6.78. The molecule has 0 aliphatic carbocycles. The van der Waals surface area contributed by atoms with Crippen LogP contribution in [0.1, 0.15) is 12.5 Å². The molecule has 0 saturated heterocycles. The summed E-state index contributed by atoms with van der Waals surface area (Å²) in [6.45, 7) is 3.81. The molecule has 2 N–H and O–H groups in total. The van der Waals surface area contributed by atoms with Crippen LogP contribution >= 0.6 is 11.8 Å². The predicted molar refractivity (Wildman–Crippen MR) is 69.4 cm³/mol. The van der Waals surface area contributed by atoms with Crippen molar-refractivity contribution in [1.29, 1.82) is 0 Å².